The second-order valence-electron chi connectivity index (χ2n) is 5.87. The Bertz CT molecular complexity index is 1110. The number of halogens is 2. The first-order valence-electron chi connectivity index (χ1n) is 8.03. The van der Waals surface area contributed by atoms with Crippen LogP contribution in [0.5, 0.6) is 0 Å². The molecule has 1 aromatic heterocycles. The number of hydrogen-bond acceptors (Lipinski definition) is 5. The Labute approximate surface area is 165 Å². The van der Waals surface area contributed by atoms with Crippen molar-refractivity contribution < 1.29 is 22.1 Å². The third-order valence-electron chi connectivity index (χ3n) is 3.70. The highest BCUT2D eigenvalue weighted by Crippen LogP contribution is 2.26. The van der Waals surface area contributed by atoms with Crippen molar-refractivity contribution in [3.8, 4) is 0 Å². The number of hydrogen-bond donors (Lipinski definition) is 2. The van der Waals surface area contributed by atoms with Crippen molar-refractivity contribution in [1.82, 2.24) is 10.5 Å². The predicted molar refractivity (Wildman–Crippen MR) is 101 cm³/mol. The summed E-state index contributed by atoms with van der Waals surface area (Å²) >= 11 is 6.05. The van der Waals surface area contributed by atoms with E-state index in [4.69, 9.17) is 16.1 Å². The summed E-state index contributed by atoms with van der Waals surface area (Å²) in [6.07, 6.45) is 0. The zero-order valence-corrected chi connectivity index (χ0v) is 16.1. The average molecular weight is 424 g/mol. The summed E-state index contributed by atoms with van der Waals surface area (Å²) in [7, 11) is -4.00. The number of sulfonamides is 1. The van der Waals surface area contributed by atoms with Crippen molar-refractivity contribution in [2.24, 2.45) is 0 Å². The maximum Gasteiger partial charge on any atom is 0.261 e. The summed E-state index contributed by atoms with van der Waals surface area (Å²) in [6, 6.07) is 10.2. The van der Waals surface area contributed by atoms with Gasteiger partial charge in [0.05, 0.1) is 27.8 Å². The summed E-state index contributed by atoms with van der Waals surface area (Å²) < 4.78 is 45.2. The van der Waals surface area contributed by atoms with Gasteiger partial charge in [-0.3, -0.25) is 9.52 Å². The van der Waals surface area contributed by atoms with Gasteiger partial charge in [0.25, 0.3) is 15.9 Å². The minimum atomic E-state index is -4.00. The fourth-order valence-corrected chi connectivity index (χ4v) is 3.62. The van der Waals surface area contributed by atoms with Gasteiger partial charge in [-0.25, -0.2) is 12.8 Å². The molecule has 28 heavy (non-hydrogen) atoms. The molecule has 0 fully saturated rings. The monoisotopic (exact) mass is 423 g/mol. The number of rotatable bonds is 6. The standard InChI is InChI=1S/C18H15ClFN3O4S/c1-11-8-14(27-22-11)10-21-18(24)12-2-7-16(19)17(9-12)23-28(25,26)15-5-3-13(20)4-6-15/h2-9,23H,10H2,1H3,(H,21,24). The Balaban J connectivity index is 1.77. The van der Waals surface area contributed by atoms with Gasteiger partial charge in [0.2, 0.25) is 0 Å². The van der Waals surface area contributed by atoms with Crippen LogP contribution in [0.15, 0.2) is 57.9 Å². The second-order valence-corrected chi connectivity index (χ2v) is 7.96. The molecule has 2 aromatic carbocycles. The molecule has 0 aliphatic rings. The normalized spacial score (nSPS) is 11.2. The van der Waals surface area contributed by atoms with E-state index in [1.54, 1.807) is 13.0 Å². The minimum Gasteiger partial charge on any atom is -0.359 e. The lowest BCUT2D eigenvalue weighted by Gasteiger charge is -2.11. The Morgan fingerprint density at radius 2 is 1.89 bits per heavy atom. The van der Waals surface area contributed by atoms with Gasteiger partial charge < -0.3 is 9.84 Å². The molecule has 3 aromatic rings. The highest BCUT2D eigenvalue weighted by atomic mass is 35.5. The zero-order chi connectivity index (χ0) is 20.3. The van der Waals surface area contributed by atoms with E-state index in [2.05, 4.69) is 15.2 Å². The van der Waals surface area contributed by atoms with Crippen LogP contribution in [0.1, 0.15) is 21.8 Å². The number of aromatic nitrogens is 1. The largest absolute Gasteiger partial charge is 0.359 e. The van der Waals surface area contributed by atoms with E-state index >= 15 is 0 Å². The molecule has 0 atom stereocenters. The molecule has 3 rings (SSSR count). The van der Waals surface area contributed by atoms with Gasteiger partial charge in [0.15, 0.2) is 5.76 Å². The SMILES string of the molecule is Cc1cc(CNC(=O)c2ccc(Cl)c(NS(=O)(=O)c3ccc(F)cc3)c2)on1. The number of nitrogens with one attached hydrogen (secondary N) is 2. The topological polar surface area (TPSA) is 101 Å². The molecular weight excluding hydrogens is 409 g/mol. The molecule has 0 unspecified atom stereocenters. The molecule has 0 saturated heterocycles. The number of amides is 1. The maximum atomic E-state index is 13.0. The van der Waals surface area contributed by atoms with Gasteiger partial charge in [0.1, 0.15) is 5.82 Å². The van der Waals surface area contributed by atoms with E-state index < -0.39 is 21.7 Å². The van der Waals surface area contributed by atoms with Gasteiger partial charge in [-0.15, -0.1) is 0 Å². The van der Waals surface area contributed by atoms with Crippen LogP contribution >= 0.6 is 11.6 Å². The Hall–Kier alpha value is -2.91. The molecule has 1 amide bonds. The molecule has 7 nitrogen and oxygen atoms in total. The fourth-order valence-electron chi connectivity index (χ4n) is 2.33. The quantitative estimate of drug-likeness (QED) is 0.631. The lowest BCUT2D eigenvalue weighted by Crippen LogP contribution is -2.23. The van der Waals surface area contributed by atoms with Gasteiger partial charge in [-0.05, 0) is 49.4 Å². The first-order chi connectivity index (χ1) is 13.2. The van der Waals surface area contributed by atoms with Crippen molar-refractivity contribution in [2.45, 2.75) is 18.4 Å². The van der Waals surface area contributed by atoms with Crippen molar-refractivity contribution in [1.29, 1.82) is 0 Å². The van der Waals surface area contributed by atoms with E-state index in [9.17, 15) is 17.6 Å². The van der Waals surface area contributed by atoms with Crippen LogP contribution < -0.4 is 10.0 Å². The number of carbonyl (C=O) groups is 1. The molecule has 0 aliphatic heterocycles. The Morgan fingerprint density at radius 1 is 1.18 bits per heavy atom. The van der Waals surface area contributed by atoms with Crippen molar-refractivity contribution in [2.75, 3.05) is 4.72 Å². The lowest BCUT2D eigenvalue weighted by molar-refractivity contribution is 0.0947. The zero-order valence-electron chi connectivity index (χ0n) is 14.6. The van der Waals surface area contributed by atoms with Crippen LogP contribution in [0.25, 0.3) is 0 Å². The molecule has 146 valence electrons. The van der Waals surface area contributed by atoms with Crippen LogP contribution in [-0.2, 0) is 16.6 Å². The van der Waals surface area contributed by atoms with Crippen molar-refractivity contribution >= 4 is 33.2 Å². The van der Waals surface area contributed by atoms with E-state index in [1.807, 2.05) is 0 Å². The van der Waals surface area contributed by atoms with Gasteiger partial charge in [0, 0.05) is 11.6 Å². The van der Waals surface area contributed by atoms with E-state index in [1.165, 1.54) is 18.2 Å². The smallest absolute Gasteiger partial charge is 0.261 e. The summed E-state index contributed by atoms with van der Waals surface area (Å²) in [5, 5.41) is 6.47. The van der Waals surface area contributed by atoms with Crippen molar-refractivity contribution in [3.05, 3.63) is 76.4 Å². The average Bonchev–Trinajstić information content (AvgIpc) is 3.07. The van der Waals surface area contributed by atoms with Crippen LogP contribution in [0.3, 0.4) is 0 Å². The molecule has 2 N–H and O–H groups in total. The number of aryl methyl sites for hydroxylation is 1. The molecule has 10 heteroatoms. The number of carbonyl (C=O) groups excluding carboxylic acids is 1. The van der Waals surface area contributed by atoms with E-state index in [0.717, 1.165) is 24.3 Å². The summed E-state index contributed by atoms with van der Waals surface area (Å²) in [6.45, 7) is 1.88. The summed E-state index contributed by atoms with van der Waals surface area (Å²) in [5.74, 6) is -0.525. The van der Waals surface area contributed by atoms with Crippen LogP contribution in [-0.4, -0.2) is 19.5 Å². The first-order valence-corrected chi connectivity index (χ1v) is 9.89. The van der Waals surface area contributed by atoms with Crippen LogP contribution in [0, 0.1) is 12.7 Å². The third kappa shape index (κ3) is 4.68. The molecule has 0 saturated carbocycles. The predicted octanol–water partition coefficient (Wildman–Crippen LogP) is 3.51. The van der Waals surface area contributed by atoms with Gasteiger partial charge in [-0.1, -0.05) is 16.8 Å². The van der Waals surface area contributed by atoms with Crippen molar-refractivity contribution in [3.63, 3.8) is 0 Å². The molecule has 0 radical (unpaired) electrons. The molecule has 1 heterocycles. The molecule has 0 bridgehead atoms. The Morgan fingerprint density at radius 3 is 2.54 bits per heavy atom. The van der Waals surface area contributed by atoms with Gasteiger partial charge in [-0.2, -0.15) is 0 Å². The molecule has 0 spiro atoms. The van der Waals surface area contributed by atoms with Gasteiger partial charge >= 0.3 is 0 Å². The number of anilines is 1. The first kappa shape index (κ1) is 19.8. The number of nitrogens with zero attached hydrogens (tertiary/aromatic N) is 1. The number of benzene rings is 2. The van der Waals surface area contributed by atoms with Crippen LogP contribution in [0.2, 0.25) is 5.02 Å². The minimum absolute atomic E-state index is 0.0224. The van der Waals surface area contributed by atoms with Crippen LogP contribution in [0.4, 0.5) is 10.1 Å². The third-order valence-corrected chi connectivity index (χ3v) is 5.41. The highest BCUT2D eigenvalue weighted by molar-refractivity contribution is 7.92. The molecular formula is C18H15ClFN3O4S. The lowest BCUT2D eigenvalue weighted by atomic mass is 10.2. The second kappa shape index (κ2) is 7.99. The summed E-state index contributed by atoms with van der Waals surface area (Å²) in [5.41, 5.74) is 0.903. The fraction of sp³-hybridized carbons (Fsp3) is 0.111. The van der Waals surface area contributed by atoms with E-state index in [-0.39, 0.29) is 27.7 Å². The summed E-state index contributed by atoms with van der Waals surface area (Å²) in [4.78, 5) is 12.2. The van der Waals surface area contributed by atoms with E-state index in [0.29, 0.717) is 11.5 Å². The highest BCUT2D eigenvalue weighted by Gasteiger charge is 2.17. The molecule has 0 aliphatic carbocycles. The maximum absolute atomic E-state index is 13.0. The Kier molecular flexibility index (Phi) is 5.66.